The number of amides is 2. The van der Waals surface area contributed by atoms with Crippen molar-refractivity contribution >= 4 is 17.5 Å². The third-order valence-electron chi connectivity index (χ3n) is 5.15. The highest BCUT2D eigenvalue weighted by Crippen LogP contribution is 2.28. The van der Waals surface area contributed by atoms with Crippen molar-refractivity contribution in [3.05, 3.63) is 29.8 Å². The molecule has 3 rings (SSSR count). The number of benzene rings is 1. The third kappa shape index (κ3) is 4.35. The Hall–Kier alpha value is -1.98. The Balaban J connectivity index is 1.62. The van der Waals surface area contributed by atoms with Gasteiger partial charge in [0.05, 0.1) is 11.6 Å². The van der Waals surface area contributed by atoms with Crippen LogP contribution in [0.5, 0.6) is 0 Å². The van der Waals surface area contributed by atoms with E-state index in [1.807, 2.05) is 0 Å². The first-order valence-corrected chi connectivity index (χ1v) is 9.10. The summed E-state index contributed by atoms with van der Waals surface area (Å²) in [5.74, 6) is -2.39. The van der Waals surface area contributed by atoms with Crippen molar-refractivity contribution in [1.29, 1.82) is 0 Å². The normalized spacial score (nSPS) is 22.6. The van der Waals surface area contributed by atoms with E-state index in [2.05, 4.69) is 5.32 Å². The predicted molar refractivity (Wildman–Crippen MR) is 91.1 cm³/mol. The monoisotopic (exact) mass is 350 g/mol. The van der Waals surface area contributed by atoms with E-state index in [-0.39, 0.29) is 36.5 Å². The highest BCUT2D eigenvalue weighted by Gasteiger charge is 2.36. The summed E-state index contributed by atoms with van der Waals surface area (Å²) < 4.78 is 27.0. The minimum atomic E-state index is -0.783. The number of rotatable bonds is 3. The highest BCUT2D eigenvalue weighted by molar-refractivity contribution is 6.00. The van der Waals surface area contributed by atoms with Gasteiger partial charge in [0.2, 0.25) is 11.8 Å². The number of hydrogen-bond donors (Lipinski definition) is 1. The second-order valence-corrected chi connectivity index (χ2v) is 7.05. The SMILES string of the molecule is O=C(NC1CCCCCCC1)[C@@H]1CC(=O)N(c2ccc(F)cc2F)C1. The highest BCUT2D eigenvalue weighted by atomic mass is 19.1. The van der Waals surface area contributed by atoms with E-state index in [1.165, 1.54) is 30.2 Å². The molecule has 0 aromatic heterocycles. The Morgan fingerprint density at radius 2 is 1.76 bits per heavy atom. The van der Waals surface area contributed by atoms with Crippen molar-refractivity contribution in [3.63, 3.8) is 0 Å². The molecule has 1 saturated heterocycles. The lowest BCUT2D eigenvalue weighted by atomic mass is 9.96. The Labute approximate surface area is 146 Å². The minimum Gasteiger partial charge on any atom is -0.353 e. The number of nitrogens with one attached hydrogen (secondary N) is 1. The van der Waals surface area contributed by atoms with Gasteiger partial charge in [-0.25, -0.2) is 8.78 Å². The van der Waals surface area contributed by atoms with Crippen LogP contribution in [0.2, 0.25) is 0 Å². The van der Waals surface area contributed by atoms with Gasteiger partial charge in [-0.2, -0.15) is 0 Å². The van der Waals surface area contributed by atoms with Crippen molar-refractivity contribution in [2.45, 2.75) is 57.4 Å². The third-order valence-corrected chi connectivity index (χ3v) is 5.15. The molecule has 1 N–H and O–H groups in total. The van der Waals surface area contributed by atoms with Crippen molar-refractivity contribution < 1.29 is 18.4 Å². The lowest BCUT2D eigenvalue weighted by Crippen LogP contribution is -2.40. The first kappa shape index (κ1) is 17.8. The fourth-order valence-electron chi connectivity index (χ4n) is 3.74. The van der Waals surface area contributed by atoms with Crippen LogP contribution >= 0.6 is 0 Å². The molecule has 2 fully saturated rings. The maximum Gasteiger partial charge on any atom is 0.227 e. The molecular formula is C19H24F2N2O2. The largest absolute Gasteiger partial charge is 0.353 e. The van der Waals surface area contributed by atoms with E-state index in [0.717, 1.165) is 37.8 Å². The van der Waals surface area contributed by atoms with Gasteiger partial charge in [-0.1, -0.05) is 32.1 Å². The van der Waals surface area contributed by atoms with Crippen molar-refractivity contribution in [2.24, 2.45) is 5.92 Å². The van der Waals surface area contributed by atoms with Crippen LogP contribution in [0.1, 0.15) is 51.4 Å². The molecule has 1 saturated carbocycles. The molecule has 1 aromatic carbocycles. The summed E-state index contributed by atoms with van der Waals surface area (Å²) in [7, 11) is 0. The average Bonchev–Trinajstić information content (AvgIpc) is 2.92. The number of hydrogen-bond acceptors (Lipinski definition) is 2. The summed E-state index contributed by atoms with van der Waals surface area (Å²) >= 11 is 0. The molecule has 1 aliphatic carbocycles. The molecule has 1 heterocycles. The lowest BCUT2D eigenvalue weighted by Gasteiger charge is -2.23. The van der Waals surface area contributed by atoms with Gasteiger partial charge in [-0.15, -0.1) is 0 Å². The fourth-order valence-corrected chi connectivity index (χ4v) is 3.74. The van der Waals surface area contributed by atoms with Crippen LogP contribution in [0.4, 0.5) is 14.5 Å². The molecule has 0 radical (unpaired) electrons. The molecule has 25 heavy (non-hydrogen) atoms. The van der Waals surface area contributed by atoms with E-state index >= 15 is 0 Å². The quantitative estimate of drug-likeness (QED) is 0.906. The van der Waals surface area contributed by atoms with Gasteiger partial charge in [-0.05, 0) is 25.0 Å². The second-order valence-electron chi connectivity index (χ2n) is 7.05. The number of carbonyl (C=O) groups excluding carboxylic acids is 2. The zero-order valence-corrected chi connectivity index (χ0v) is 14.3. The second kappa shape index (κ2) is 7.93. The topological polar surface area (TPSA) is 49.4 Å². The van der Waals surface area contributed by atoms with Crippen LogP contribution in [0.3, 0.4) is 0 Å². The Kier molecular flexibility index (Phi) is 5.66. The first-order valence-electron chi connectivity index (χ1n) is 9.10. The van der Waals surface area contributed by atoms with Crippen LogP contribution in [0, 0.1) is 17.6 Å². The van der Waals surface area contributed by atoms with E-state index in [1.54, 1.807) is 0 Å². The molecule has 1 atom stereocenters. The van der Waals surface area contributed by atoms with Gasteiger partial charge in [-0.3, -0.25) is 9.59 Å². The predicted octanol–water partition coefficient (Wildman–Crippen LogP) is 3.55. The van der Waals surface area contributed by atoms with Gasteiger partial charge < -0.3 is 10.2 Å². The lowest BCUT2D eigenvalue weighted by molar-refractivity contribution is -0.127. The average molecular weight is 350 g/mol. The molecule has 1 aromatic rings. The summed E-state index contributed by atoms with van der Waals surface area (Å²) in [6, 6.07) is 3.29. The minimum absolute atomic E-state index is 0.0349. The Morgan fingerprint density at radius 1 is 1.08 bits per heavy atom. The molecular weight excluding hydrogens is 326 g/mol. The van der Waals surface area contributed by atoms with Crippen molar-refractivity contribution in [3.8, 4) is 0 Å². The van der Waals surface area contributed by atoms with Crippen LogP contribution in [0.25, 0.3) is 0 Å². The molecule has 0 spiro atoms. The fraction of sp³-hybridized carbons (Fsp3) is 0.579. The summed E-state index contributed by atoms with van der Waals surface area (Å²) in [6.45, 7) is 0.139. The Bertz CT molecular complexity index is 642. The van der Waals surface area contributed by atoms with Crippen LogP contribution in [-0.2, 0) is 9.59 Å². The molecule has 4 nitrogen and oxygen atoms in total. The van der Waals surface area contributed by atoms with E-state index in [0.29, 0.717) is 0 Å². The summed E-state index contributed by atoms with van der Waals surface area (Å²) in [4.78, 5) is 26.0. The van der Waals surface area contributed by atoms with Crippen LogP contribution in [0.15, 0.2) is 18.2 Å². The Morgan fingerprint density at radius 3 is 2.44 bits per heavy atom. The van der Waals surface area contributed by atoms with Gasteiger partial charge in [0.1, 0.15) is 11.6 Å². The summed E-state index contributed by atoms with van der Waals surface area (Å²) in [5, 5.41) is 3.07. The van der Waals surface area contributed by atoms with E-state index in [9.17, 15) is 18.4 Å². The number of carbonyl (C=O) groups is 2. The first-order chi connectivity index (χ1) is 12.0. The standard InChI is InChI=1S/C19H24F2N2O2/c20-14-8-9-17(16(21)11-14)23-12-13(10-18(23)24)19(25)22-15-6-4-2-1-3-5-7-15/h8-9,11,13,15H,1-7,10,12H2,(H,22,25)/t13-/m1/s1. The number of halogens is 2. The van der Waals surface area contributed by atoms with Crippen molar-refractivity contribution in [2.75, 3.05) is 11.4 Å². The van der Waals surface area contributed by atoms with Gasteiger partial charge in [0.15, 0.2) is 0 Å². The molecule has 6 heteroatoms. The zero-order chi connectivity index (χ0) is 17.8. The smallest absolute Gasteiger partial charge is 0.227 e. The summed E-state index contributed by atoms with van der Waals surface area (Å²) in [5.41, 5.74) is 0.0349. The van der Waals surface area contributed by atoms with Gasteiger partial charge in [0, 0.05) is 25.1 Å². The molecule has 2 aliphatic rings. The molecule has 2 amide bonds. The molecule has 0 unspecified atom stereocenters. The molecule has 136 valence electrons. The zero-order valence-electron chi connectivity index (χ0n) is 14.3. The summed E-state index contributed by atoms with van der Waals surface area (Å²) in [6.07, 6.45) is 7.90. The van der Waals surface area contributed by atoms with Gasteiger partial charge >= 0.3 is 0 Å². The van der Waals surface area contributed by atoms with Crippen molar-refractivity contribution in [1.82, 2.24) is 5.32 Å². The maximum atomic E-state index is 13.9. The van der Waals surface area contributed by atoms with Crippen LogP contribution < -0.4 is 10.2 Å². The number of nitrogens with zero attached hydrogens (tertiary/aromatic N) is 1. The molecule has 1 aliphatic heterocycles. The van der Waals surface area contributed by atoms with Gasteiger partial charge in [0.25, 0.3) is 0 Å². The maximum absolute atomic E-state index is 13.9. The van der Waals surface area contributed by atoms with Crippen LogP contribution in [-0.4, -0.2) is 24.4 Å². The van der Waals surface area contributed by atoms with E-state index in [4.69, 9.17) is 0 Å². The van der Waals surface area contributed by atoms with E-state index < -0.39 is 17.6 Å². The molecule has 0 bridgehead atoms. The number of anilines is 1.